The molecule has 0 amide bonds. The van der Waals surface area contributed by atoms with Gasteiger partial charge in [-0.15, -0.1) is 11.6 Å². The van der Waals surface area contributed by atoms with Crippen LogP contribution < -0.4 is 9.47 Å². The molecule has 0 spiro atoms. The Morgan fingerprint density at radius 1 is 1.19 bits per heavy atom. The highest BCUT2D eigenvalue weighted by Crippen LogP contribution is 2.36. The lowest BCUT2D eigenvalue weighted by Crippen LogP contribution is -2.02. The Labute approximate surface area is 133 Å². The summed E-state index contributed by atoms with van der Waals surface area (Å²) in [7, 11) is 1.54. The fourth-order valence-electron chi connectivity index (χ4n) is 1.94. The minimum atomic E-state index is 0.256. The molecule has 0 atom stereocenters. The minimum Gasteiger partial charge on any atom is -0.493 e. The number of benzene rings is 2. The first-order valence-electron chi connectivity index (χ1n) is 6.22. The van der Waals surface area contributed by atoms with Gasteiger partial charge in [0.05, 0.1) is 24.6 Å². The number of nitriles is 1. The first-order valence-corrected chi connectivity index (χ1v) is 7.14. The van der Waals surface area contributed by atoms with Gasteiger partial charge in [-0.05, 0) is 12.1 Å². The predicted octanol–water partition coefficient (Wildman–Crippen LogP) is 4.54. The Hall–Kier alpha value is -1.89. The van der Waals surface area contributed by atoms with Crippen LogP contribution in [0, 0.1) is 11.3 Å². The van der Waals surface area contributed by atoms with E-state index < -0.39 is 0 Å². The van der Waals surface area contributed by atoms with Gasteiger partial charge in [-0.2, -0.15) is 5.26 Å². The molecule has 3 nitrogen and oxygen atoms in total. The van der Waals surface area contributed by atoms with Crippen molar-refractivity contribution in [2.75, 3.05) is 7.11 Å². The van der Waals surface area contributed by atoms with E-state index in [0.717, 1.165) is 11.1 Å². The number of hydrogen-bond donors (Lipinski definition) is 0. The van der Waals surface area contributed by atoms with Gasteiger partial charge in [0.2, 0.25) is 0 Å². The molecule has 0 aromatic heterocycles. The lowest BCUT2D eigenvalue weighted by Gasteiger charge is -2.15. The van der Waals surface area contributed by atoms with Crippen molar-refractivity contribution in [3.8, 4) is 17.6 Å². The molecule has 0 unspecified atom stereocenters. The summed E-state index contributed by atoms with van der Waals surface area (Å²) in [5.41, 5.74) is 2.13. The molecule has 2 aromatic carbocycles. The van der Waals surface area contributed by atoms with Crippen LogP contribution >= 0.6 is 23.2 Å². The molecule has 0 heterocycles. The van der Waals surface area contributed by atoms with Gasteiger partial charge in [0, 0.05) is 22.2 Å². The van der Waals surface area contributed by atoms with Crippen molar-refractivity contribution in [3.63, 3.8) is 0 Å². The minimum absolute atomic E-state index is 0.256. The van der Waals surface area contributed by atoms with Crippen LogP contribution in [0.25, 0.3) is 0 Å². The van der Waals surface area contributed by atoms with E-state index in [9.17, 15) is 0 Å². The third kappa shape index (κ3) is 3.60. The van der Waals surface area contributed by atoms with Crippen LogP contribution in [-0.4, -0.2) is 7.11 Å². The molecular formula is C16H13Cl2NO2. The summed E-state index contributed by atoms with van der Waals surface area (Å²) < 4.78 is 11.1. The Bertz CT molecular complexity index is 655. The number of hydrogen-bond acceptors (Lipinski definition) is 3. The summed E-state index contributed by atoms with van der Waals surface area (Å²) in [6.07, 6.45) is 0. The molecule has 0 aliphatic heterocycles. The highest BCUT2D eigenvalue weighted by molar-refractivity contribution is 6.31. The molecule has 0 radical (unpaired) electrons. The van der Waals surface area contributed by atoms with E-state index in [1.165, 1.54) is 0 Å². The maximum atomic E-state index is 9.08. The van der Waals surface area contributed by atoms with E-state index in [-0.39, 0.29) is 12.5 Å². The topological polar surface area (TPSA) is 42.2 Å². The highest BCUT2D eigenvalue weighted by atomic mass is 35.5. The number of rotatable bonds is 5. The molecule has 0 bridgehead atoms. The Morgan fingerprint density at radius 3 is 2.62 bits per heavy atom. The average molecular weight is 322 g/mol. The Morgan fingerprint density at radius 2 is 1.95 bits per heavy atom. The Kier molecular flexibility index (Phi) is 5.32. The molecule has 0 saturated heterocycles. The standard InChI is InChI=1S/C16H13Cl2NO2/c1-20-15-7-14(18)6-13(8-17)16(15)21-10-12-5-3-2-4-11(12)9-19/h2-7H,8,10H2,1H3. The largest absolute Gasteiger partial charge is 0.493 e. The van der Waals surface area contributed by atoms with Crippen LogP contribution in [-0.2, 0) is 12.5 Å². The van der Waals surface area contributed by atoms with E-state index in [4.69, 9.17) is 37.9 Å². The molecule has 0 saturated carbocycles. The number of nitrogens with zero attached hydrogens (tertiary/aromatic N) is 1. The van der Waals surface area contributed by atoms with E-state index >= 15 is 0 Å². The zero-order valence-electron chi connectivity index (χ0n) is 11.4. The second kappa shape index (κ2) is 7.21. The van der Waals surface area contributed by atoms with E-state index in [2.05, 4.69) is 6.07 Å². The molecule has 0 N–H and O–H groups in total. The van der Waals surface area contributed by atoms with Gasteiger partial charge >= 0.3 is 0 Å². The summed E-state index contributed by atoms with van der Waals surface area (Å²) in [4.78, 5) is 0. The van der Waals surface area contributed by atoms with Crippen molar-refractivity contribution in [1.29, 1.82) is 5.26 Å². The third-order valence-corrected chi connectivity index (χ3v) is 3.48. The number of alkyl halides is 1. The smallest absolute Gasteiger partial charge is 0.166 e. The van der Waals surface area contributed by atoms with Gasteiger partial charge < -0.3 is 9.47 Å². The van der Waals surface area contributed by atoms with E-state index in [1.807, 2.05) is 18.2 Å². The summed E-state index contributed by atoms with van der Waals surface area (Å²) in [6.45, 7) is 0.256. The van der Waals surface area contributed by atoms with E-state index in [1.54, 1.807) is 25.3 Å². The second-order valence-electron chi connectivity index (χ2n) is 4.29. The third-order valence-electron chi connectivity index (χ3n) is 2.97. The molecule has 0 fully saturated rings. The molecule has 21 heavy (non-hydrogen) atoms. The number of methoxy groups -OCH3 is 1. The van der Waals surface area contributed by atoms with Crippen LogP contribution in [0.15, 0.2) is 36.4 Å². The van der Waals surface area contributed by atoms with Crippen molar-refractivity contribution >= 4 is 23.2 Å². The molecule has 2 rings (SSSR count). The van der Waals surface area contributed by atoms with Gasteiger partial charge in [0.1, 0.15) is 6.61 Å². The molecule has 2 aromatic rings. The van der Waals surface area contributed by atoms with Crippen molar-refractivity contribution < 1.29 is 9.47 Å². The summed E-state index contributed by atoms with van der Waals surface area (Å²) in [5.74, 6) is 1.32. The molecule has 5 heteroatoms. The molecular weight excluding hydrogens is 309 g/mol. The molecule has 0 aliphatic carbocycles. The predicted molar refractivity (Wildman–Crippen MR) is 83.1 cm³/mol. The van der Waals surface area contributed by atoms with Gasteiger partial charge in [-0.1, -0.05) is 29.8 Å². The van der Waals surface area contributed by atoms with Gasteiger partial charge in [-0.3, -0.25) is 0 Å². The van der Waals surface area contributed by atoms with E-state index in [0.29, 0.717) is 22.1 Å². The highest BCUT2D eigenvalue weighted by Gasteiger charge is 2.13. The maximum absolute atomic E-state index is 9.08. The van der Waals surface area contributed by atoms with Crippen molar-refractivity contribution in [1.82, 2.24) is 0 Å². The van der Waals surface area contributed by atoms with Crippen LogP contribution in [0.5, 0.6) is 11.5 Å². The summed E-state index contributed by atoms with van der Waals surface area (Å²) in [5, 5.41) is 9.62. The SMILES string of the molecule is COc1cc(Cl)cc(CCl)c1OCc1ccccc1C#N. The summed E-state index contributed by atoms with van der Waals surface area (Å²) in [6, 6.07) is 12.8. The van der Waals surface area contributed by atoms with Crippen molar-refractivity contribution in [2.45, 2.75) is 12.5 Å². The quantitative estimate of drug-likeness (QED) is 0.759. The zero-order chi connectivity index (χ0) is 15.2. The van der Waals surface area contributed by atoms with Crippen LogP contribution in [0.3, 0.4) is 0 Å². The Balaban J connectivity index is 2.30. The van der Waals surface area contributed by atoms with Crippen LogP contribution in [0.4, 0.5) is 0 Å². The number of halogens is 2. The van der Waals surface area contributed by atoms with Crippen molar-refractivity contribution in [2.24, 2.45) is 0 Å². The average Bonchev–Trinajstić information content (AvgIpc) is 2.52. The first-order chi connectivity index (χ1) is 10.2. The first kappa shape index (κ1) is 15.5. The van der Waals surface area contributed by atoms with Crippen LogP contribution in [0.2, 0.25) is 5.02 Å². The number of ether oxygens (including phenoxy) is 2. The fourth-order valence-corrected chi connectivity index (χ4v) is 2.37. The normalized spacial score (nSPS) is 10.0. The van der Waals surface area contributed by atoms with Gasteiger partial charge in [-0.25, -0.2) is 0 Å². The zero-order valence-corrected chi connectivity index (χ0v) is 12.9. The lowest BCUT2D eigenvalue weighted by atomic mass is 10.1. The van der Waals surface area contributed by atoms with Gasteiger partial charge in [0.15, 0.2) is 11.5 Å². The van der Waals surface area contributed by atoms with Crippen LogP contribution in [0.1, 0.15) is 16.7 Å². The monoisotopic (exact) mass is 321 g/mol. The summed E-state index contributed by atoms with van der Waals surface area (Å²) >= 11 is 11.9. The molecule has 108 valence electrons. The van der Waals surface area contributed by atoms with Crippen molar-refractivity contribution in [3.05, 3.63) is 58.1 Å². The lowest BCUT2D eigenvalue weighted by molar-refractivity contribution is 0.282. The molecule has 0 aliphatic rings. The van der Waals surface area contributed by atoms with Gasteiger partial charge in [0.25, 0.3) is 0 Å². The fraction of sp³-hybridized carbons (Fsp3) is 0.188. The maximum Gasteiger partial charge on any atom is 0.166 e. The second-order valence-corrected chi connectivity index (χ2v) is 4.99.